The van der Waals surface area contributed by atoms with E-state index >= 15 is 0 Å². The van der Waals surface area contributed by atoms with Crippen molar-refractivity contribution in [3.8, 4) is 28.4 Å². The smallest absolute Gasteiger partial charge is 0.222 e. The molecule has 4 rings (SSSR count). The van der Waals surface area contributed by atoms with Gasteiger partial charge in [-0.2, -0.15) is 0 Å². The molecular formula is C26H27NO3. The number of benzene rings is 3. The summed E-state index contributed by atoms with van der Waals surface area (Å²) in [6, 6.07) is 26.1. The summed E-state index contributed by atoms with van der Waals surface area (Å²) in [5.74, 6) is 2.76. The maximum atomic E-state index is 11.8. The van der Waals surface area contributed by atoms with E-state index in [-0.39, 0.29) is 12.0 Å². The van der Waals surface area contributed by atoms with E-state index in [1.807, 2.05) is 66.4 Å². The summed E-state index contributed by atoms with van der Waals surface area (Å²) in [5, 5.41) is 0. The molecule has 30 heavy (non-hydrogen) atoms. The Labute approximate surface area is 178 Å². The number of likely N-dealkylation sites (tertiary alicyclic amines) is 1. The van der Waals surface area contributed by atoms with Gasteiger partial charge in [0, 0.05) is 32.4 Å². The molecule has 0 atom stereocenters. The van der Waals surface area contributed by atoms with Crippen LogP contribution < -0.4 is 9.47 Å². The Morgan fingerprint density at radius 3 is 1.90 bits per heavy atom. The van der Waals surface area contributed by atoms with Crippen LogP contribution in [0, 0.1) is 0 Å². The zero-order valence-corrected chi connectivity index (χ0v) is 17.3. The van der Waals surface area contributed by atoms with Gasteiger partial charge in [-0.05, 0) is 47.5 Å². The lowest BCUT2D eigenvalue weighted by molar-refractivity contribution is -0.132. The number of nitrogens with zero attached hydrogens (tertiary/aromatic N) is 1. The van der Waals surface area contributed by atoms with Gasteiger partial charge in [0.25, 0.3) is 0 Å². The zero-order valence-electron chi connectivity index (χ0n) is 17.3. The molecule has 1 saturated heterocycles. The highest BCUT2D eigenvalue weighted by Gasteiger charge is 2.22. The predicted octanol–water partition coefficient (Wildman–Crippen LogP) is 5.93. The highest BCUT2D eigenvalue weighted by molar-refractivity contribution is 5.75. The first-order valence-corrected chi connectivity index (χ1v) is 10.6. The molecular weight excluding hydrogens is 374 g/mol. The van der Waals surface area contributed by atoms with Crippen LogP contribution in [-0.2, 0) is 4.79 Å². The van der Waals surface area contributed by atoms with E-state index in [1.54, 1.807) is 0 Å². The molecule has 0 aromatic heterocycles. The van der Waals surface area contributed by atoms with E-state index in [2.05, 4.69) is 24.3 Å². The van der Waals surface area contributed by atoms with E-state index in [1.165, 1.54) is 0 Å². The van der Waals surface area contributed by atoms with E-state index in [0.29, 0.717) is 6.42 Å². The van der Waals surface area contributed by atoms with Crippen molar-refractivity contribution in [2.24, 2.45) is 0 Å². The number of piperidine rings is 1. The first-order valence-electron chi connectivity index (χ1n) is 10.6. The third-order valence-corrected chi connectivity index (χ3v) is 5.42. The van der Waals surface area contributed by atoms with Crippen LogP contribution in [0.3, 0.4) is 0 Å². The number of ether oxygens (including phenoxy) is 2. The Morgan fingerprint density at radius 2 is 1.33 bits per heavy atom. The van der Waals surface area contributed by atoms with Gasteiger partial charge in [-0.25, -0.2) is 0 Å². The molecule has 0 saturated carbocycles. The number of amides is 1. The molecule has 0 bridgehead atoms. The number of carbonyl (C=O) groups is 1. The van der Waals surface area contributed by atoms with E-state index in [0.717, 1.165) is 54.3 Å². The van der Waals surface area contributed by atoms with E-state index in [9.17, 15) is 4.79 Å². The largest absolute Gasteiger partial charge is 0.490 e. The van der Waals surface area contributed by atoms with Crippen molar-refractivity contribution in [2.45, 2.75) is 32.3 Å². The van der Waals surface area contributed by atoms with Crippen LogP contribution in [-0.4, -0.2) is 30.0 Å². The minimum absolute atomic E-state index is 0.172. The Morgan fingerprint density at radius 1 is 0.800 bits per heavy atom. The SMILES string of the molecule is CCC(=O)N1CCC(Oc2ccc(-c3ccc(Oc4ccccc4)cc3)cc2)CC1. The van der Waals surface area contributed by atoms with Crippen LogP contribution in [0.25, 0.3) is 11.1 Å². The van der Waals surface area contributed by atoms with Gasteiger partial charge in [0.1, 0.15) is 23.4 Å². The Kier molecular flexibility index (Phi) is 6.33. The molecule has 1 aliphatic rings. The van der Waals surface area contributed by atoms with Crippen LogP contribution in [0.1, 0.15) is 26.2 Å². The second-order valence-corrected chi connectivity index (χ2v) is 7.52. The molecule has 0 radical (unpaired) electrons. The average molecular weight is 402 g/mol. The fourth-order valence-corrected chi connectivity index (χ4v) is 3.71. The summed E-state index contributed by atoms with van der Waals surface area (Å²) >= 11 is 0. The van der Waals surface area contributed by atoms with Crippen molar-refractivity contribution in [1.82, 2.24) is 4.90 Å². The van der Waals surface area contributed by atoms with Crippen LogP contribution >= 0.6 is 0 Å². The lowest BCUT2D eigenvalue weighted by Gasteiger charge is -2.32. The van der Waals surface area contributed by atoms with E-state index < -0.39 is 0 Å². The quantitative estimate of drug-likeness (QED) is 0.514. The molecule has 0 spiro atoms. The Bertz CT molecular complexity index is 944. The first kappa shape index (κ1) is 20.0. The maximum absolute atomic E-state index is 11.8. The fraction of sp³-hybridized carbons (Fsp3) is 0.269. The van der Waals surface area contributed by atoms with Gasteiger partial charge in [0.15, 0.2) is 0 Å². The minimum Gasteiger partial charge on any atom is -0.490 e. The van der Waals surface area contributed by atoms with Crippen molar-refractivity contribution in [3.05, 3.63) is 78.9 Å². The Balaban J connectivity index is 1.33. The second kappa shape index (κ2) is 9.49. The number of hydrogen-bond donors (Lipinski definition) is 0. The molecule has 1 amide bonds. The molecule has 0 N–H and O–H groups in total. The summed E-state index contributed by atoms with van der Waals surface area (Å²) in [7, 11) is 0. The van der Waals surface area contributed by atoms with Crippen molar-refractivity contribution < 1.29 is 14.3 Å². The molecule has 3 aromatic carbocycles. The molecule has 4 heteroatoms. The van der Waals surface area contributed by atoms with Crippen LogP contribution in [0.4, 0.5) is 0 Å². The molecule has 154 valence electrons. The number of carbonyl (C=O) groups excluding carboxylic acids is 1. The van der Waals surface area contributed by atoms with Gasteiger partial charge in [-0.3, -0.25) is 4.79 Å². The summed E-state index contributed by atoms with van der Waals surface area (Å²) in [6.07, 6.45) is 2.52. The van der Waals surface area contributed by atoms with E-state index in [4.69, 9.17) is 9.47 Å². The zero-order chi connectivity index (χ0) is 20.8. The number of hydrogen-bond acceptors (Lipinski definition) is 3. The Hall–Kier alpha value is -3.27. The van der Waals surface area contributed by atoms with Crippen LogP contribution in [0.15, 0.2) is 78.9 Å². The van der Waals surface area contributed by atoms with Crippen molar-refractivity contribution in [3.63, 3.8) is 0 Å². The monoisotopic (exact) mass is 401 g/mol. The molecule has 1 fully saturated rings. The average Bonchev–Trinajstić information content (AvgIpc) is 2.81. The summed E-state index contributed by atoms with van der Waals surface area (Å²) in [6.45, 7) is 3.48. The second-order valence-electron chi connectivity index (χ2n) is 7.52. The maximum Gasteiger partial charge on any atom is 0.222 e. The summed E-state index contributed by atoms with van der Waals surface area (Å²) in [4.78, 5) is 13.7. The highest BCUT2D eigenvalue weighted by Crippen LogP contribution is 2.28. The van der Waals surface area contributed by atoms with Crippen LogP contribution in [0.2, 0.25) is 0 Å². The molecule has 0 unspecified atom stereocenters. The number of rotatable bonds is 6. The highest BCUT2D eigenvalue weighted by atomic mass is 16.5. The normalized spacial score (nSPS) is 14.4. The standard InChI is InChI=1S/C26H27NO3/c1-2-26(28)27-18-16-25(17-19-27)30-24-14-10-21(11-15-24)20-8-12-23(13-9-20)29-22-6-4-3-5-7-22/h3-15,25H,2,16-19H2,1H3. The van der Waals surface area contributed by atoms with Crippen molar-refractivity contribution >= 4 is 5.91 Å². The number of para-hydroxylation sites is 1. The molecule has 3 aromatic rings. The van der Waals surface area contributed by atoms with Gasteiger partial charge < -0.3 is 14.4 Å². The third kappa shape index (κ3) is 5.01. The van der Waals surface area contributed by atoms with Gasteiger partial charge >= 0.3 is 0 Å². The first-order chi connectivity index (χ1) is 14.7. The van der Waals surface area contributed by atoms with Crippen molar-refractivity contribution in [1.29, 1.82) is 0 Å². The fourth-order valence-electron chi connectivity index (χ4n) is 3.71. The molecule has 1 aliphatic heterocycles. The minimum atomic E-state index is 0.172. The molecule has 0 aliphatic carbocycles. The van der Waals surface area contributed by atoms with Gasteiger partial charge in [0.2, 0.25) is 5.91 Å². The lowest BCUT2D eigenvalue weighted by atomic mass is 10.1. The lowest BCUT2D eigenvalue weighted by Crippen LogP contribution is -2.41. The van der Waals surface area contributed by atoms with Crippen molar-refractivity contribution in [2.75, 3.05) is 13.1 Å². The third-order valence-electron chi connectivity index (χ3n) is 5.42. The summed E-state index contributed by atoms with van der Waals surface area (Å²) in [5.41, 5.74) is 2.27. The predicted molar refractivity (Wildman–Crippen MR) is 119 cm³/mol. The molecule has 4 nitrogen and oxygen atoms in total. The van der Waals surface area contributed by atoms with Gasteiger partial charge in [0.05, 0.1) is 0 Å². The van der Waals surface area contributed by atoms with Gasteiger partial charge in [-0.1, -0.05) is 49.4 Å². The molecule has 1 heterocycles. The van der Waals surface area contributed by atoms with Crippen LogP contribution in [0.5, 0.6) is 17.2 Å². The van der Waals surface area contributed by atoms with Gasteiger partial charge in [-0.15, -0.1) is 0 Å². The topological polar surface area (TPSA) is 38.8 Å². The summed E-state index contributed by atoms with van der Waals surface area (Å²) < 4.78 is 12.0.